The molecule has 0 spiro atoms. The van der Waals surface area contributed by atoms with Gasteiger partial charge in [0.2, 0.25) is 0 Å². The molecule has 3 rings (SSSR count). The third-order valence-electron chi connectivity index (χ3n) is 3.81. The molecule has 0 amide bonds. The first-order valence-electron chi connectivity index (χ1n) is 6.25. The Morgan fingerprint density at radius 2 is 2.17 bits per heavy atom. The fourth-order valence-electron chi connectivity index (χ4n) is 2.67. The number of aliphatic hydroxyl groups is 1. The Morgan fingerprint density at radius 3 is 2.83 bits per heavy atom. The summed E-state index contributed by atoms with van der Waals surface area (Å²) in [5.41, 5.74) is 0.836. The monoisotopic (exact) mass is 250 g/mol. The summed E-state index contributed by atoms with van der Waals surface area (Å²) in [5.74, 6) is 0.165. The van der Waals surface area contributed by atoms with Crippen LogP contribution < -0.4 is 0 Å². The molecule has 4 heteroatoms. The average molecular weight is 250 g/mol. The molecule has 1 saturated heterocycles. The molecule has 2 fully saturated rings. The van der Waals surface area contributed by atoms with E-state index in [1.165, 1.54) is 0 Å². The molecule has 2 aliphatic rings. The van der Waals surface area contributed by atoms with Gasteiger partial charge in [0.05, 0.1) is 13.2 Å². The van der Waals surface area contributed by atoms with Crippen LogP contribution in [0.2, 0.25) is 0 Å². The van der Waals surface area contributed by atoms with Crippen molar-refractivity contribution in [3.8, 4) is 0 Å². The predicted octanol–water partition coefficient (Wildman–Crippen LogP) is 1.33. The van der Waals surface area contributed by atoms with E-state index in [9.17, 15) is 5.11 Å². The SMILES string of the molecule is COC1OC2(COCc3ccccc3)CC2C1O. The largest absolute Gasteiger partial charge is 0.387 e. The van der Waals surface area contributed by atoms with Crippen molar-refractivity contribution in [1.29, 1.82) is 0 Å². The Balaban J connectivity index is 1.51. The minimum Gasteiger partial charge on any atom is -0.387 e. The molecule has 4 atom stereocenters. The molecule has 1 aliphatic heterocycles. The second kappa shape index (κ2) is 4.63. The van der Waals surface area contributed by atoms with Crippen molar-refractivity contribution in [3.05, 3.63) is 35.9 Å². The average Bonchev–Trinajstić information content (AvgIpc) is 3.05. The van der Waals surface area contributed by atoms with Gasteiger partial charge in [0, 0.05) is 13.0 Å². The van der Waals surface area contributed by atoms with Crippen molar-refractivity contribution >= 4 is 0 Å². The van der Waals surface area contributed by atoms with Gasteiger partial charge in [-0.25, -0.2) is 0 Å². The lowest BCUT2D eigenvalue weighted by molar-refractivity contribution is -0.183. The number of aliphatic hydroxyl groups excluding tert-OH is 1. The maximum Gasteiger partial charge on any atom is 0.184 e. The van der Waals surface area contributed by atoms with Crippen LogP contribution in [0, 0.1) is 5.92 Å². The molecule has 1 aromatic rings. The summed E-state index contributed by atoms with van der Waals surface area (Å²) in [6.07, 6.45) is -0.151. The van der Waals surface area contributed by atoms with Gasteiger partial charge in [-0.2, -0.15) is 0 Å². The van der Waals surface area contributed by atoms with Crippen LogP contribution in [0.25, 0.3) is 0 Å². The fraction of sp³-hybridized carbons (Fsp3) is 0.571. The Morgan fingerprint density at radius 1 is 1.39 bits per heavy atom. The highest BCUT2D eigenvalue weighted by Gasteiger charge is 2.67. The second-order valence-corrected chi connectivity index (χ2v) is 5.07. The van der Waals surface area contributed by atoms with Crippen LogP contribution in [0.4, 0.5) is 0 Å². The molecule has 1 heterocycles. The van der Waals surface area contributed by atoms with Gasteiger partial charge in [0.1, 0.15) is 11.7 Å². The zero-order chi connectivity index (χ0) is 12.6. The Kier molecular flexibility index (Phi) is 3.11. The molecule has 0 radical (unpaired) electrons. The van der Waals surface area contributed by atoms with Crippen LogP contribution >= 0.6 is 0 Å². The highest BCUT2D eigenvalue weighted by molar-refractivity contribution is 5.15. The highest BCUT2D eigenvalue weighted by Crippen LogP contribution is 2.56. The number of ether oxygens (including phenoxy) is 3. The van der Waals surface area contributed by atoms with Gasteiger partial charge >= 0.3 is 0 Å². The molecule has 4 nitrogen and oxygen atoms in total. The van der Waals surface area contributed by atoms with E-state index in [-0.39, 0.29) is 11.5 Å². The number of rotatable bonds is 5. The first kappa shape index (κ1) is 12.1. The summed E-state index contributed by atoms with van der Waals surface area (Å²) in [4.78, 5) is 0. The Hall–Kier alpha value is -0.940. The lowest BCUT2D eigenvalue weighted by Gasteiger charge is -2.18. The first-order valence-corrected chi connectivity index (χ1v) is 6.25. The standard InChI is InChI=1S/C14H18O4/c1-16-13-12(15)11-7-14(11,18-13)9-17-8-10-5-3-2-4-6-10/h2-6,11-13,15H,7-9H2,1H3. The van der Waals surface area contributed by atoms with E-state index < -0.39 is 12.4 Å². The number of methoxy groups -OCH3 is 1. The Bertz CT molecular complexity index is 408. The van der Waals surface area contributed by atoms with Crippen LogP contribution in [0.3, 0.4) is 0 Å². The minimum atomic E-state index is -0.518. The third-order valence-corrected chi connectivity index (χ3v) is 3.81. The quantitative estimate of drug-likeness (QED) is 0.856. The number of fused-ring (bicyclic) bond motifs is 1. The smallest absolute Gasteiger partial charge is 0.184 e. The van der Waals surface area contributed by atoms with Gasteiger partial charge in [0.15, 0.2) is 6.29 Å². The van der Waals surface area contributed by atoms with Crippen LogP contribution in [0.5, 0.6) is 0 Å². The summed E-state index contributed by atoms with van der Waals surface area (Å²) < 4.78 is 16.5. The van der Waals surface area contributed by atoms with Gasteiger partial charge in [-0.15, -0.1) is 0 Å². The van der Waals surface area contributed by atoms with E-state index in [2.05, 4.69) is 0 Å². The number of hydrogen-bond donors (Lipinski definition) is 1. The fourth-order valence-corrected chi connectivity index (χ4v) is 2.67. The van der Waals surface area contributed by atoms with Crippen molar-refractivity contribution in [2.45, 2.75) is 31.0 Å². The van der Waals surface area contributed by atoms with E-state index >= 15 is 0 Å². The number of benzene rings is 1. The van der Waals surface area contributed by atoms with Gasteiger partial charge in [-0.1, -0.05) is 30.3 Å². The molecule has 1 saturated carbocycles. The van der Waals surface area contributed by atoms with E-state index in [0.717, 1.165) is 12.0 Å². The molecule has 1 N–H and O–H groups in total. The summed E-state index contributed by atoms with van der Waals surface area (Å²) >= 11 is 0. The Labute approximate surface area is 106 Å². The van der Waals surface area contributed by atoms with Gasteiger partial charge in [0.25, 0.3) is 0 Å². The number of hydrogen-bond acceptors (Lipinski definition) is 4. The van der Waals surface area contributed by atoms with Gasteiger partial charge < -0.3 is 19.3 Å². The molecule has 98 valence electrons. The van der Waals surface area contributed by atoms with Crippen molar-refractivity contribution in [2.75, 3.05) is 13.7 Å². The van der Waals surface area contributed by atoms with E-state index in [4.69, 9.17) is 14.2 Å². The van der Waals surface area contributed by atoms with Crippen LogP contribution in [-0.4, -0.2) is 36.8 Å². The van der Waals surface area contributed by atoms with E-state index in [1.807, 2.05) is 30.3 Å². The maximum absolute atomic E-state index is 9.88. The first-order chi connectivity index (χ1) is 8.75. The molecule has 18 heavy (non-hydrogen) atoms. The minimum absolute atomic E-state index is 0.165. The molecule has 1 aliphatic carbocycles. The molecule has 0 aromatic heterocycles. The third kappa shape index (κ3) is 2.06. The van der Waals surface area contributed by atoms with Crippen molar-refractivity contribution in [1.82, 2.24) is 0 Å². The van der Waals surface area contributed by atoms with Crippen molar-refractivity contribution < 1.29 is 19.3 Å². The summed E-state index contributed by atoms with van der Waals surface area (Å²) in [6.45, 7) is 1.09. The van der Waals surface area contributed by atoms with Crippen molar-refractivity contribution in [3.63, 3.8) is 0 Å². The summed E-state index contributed by atoms with van der Waals surface area (Å²) in [5, 5.41) is 9.88. The summed E-state index contributed by atoms with van der Waals surface area (Å²) in [7, 11) is 1.55. The molecule has 1 aromatic carbocycles. The van der Waals surface area contributed by atoms with E-state index in [0.29, 0.717) is 13.2 Å². The molecular formula is C14H18O4. The molecular weight excluding hydrogens is 232 g/mol. The second-order valence-electron chi connectivity index (χ2n) is 5.07. The zero-order valence-corrected chi connectivity index (χ0v) is 10.4. The van der Waals surface area contributed by atoms with E-state index in [1.54, 1.807) is 7.11 Å². The highest BCUT2D eigenvalue weighted by atomic mass is 16.7. The maximum atomic E-state index is 9.88. The molecule has 0 bridgehead atoms. The topological polar surface area (TPSA) is 47.9 Å². The van der Waals surface area contributed by atoms with Crippen LogP contribution in [0.15, 0.2) is 30.3 Å². The van der Waals surface area contributed by atoms with Crippen LogP contribution in [-0.2, 0) is 20.8 Å². The van der Waals surface area contributed by atoms with Gasteiger partial charge in [-0.05, 0) is 12.0 Å². The van der Waals surface area contributed by atoms with Crippen LogP contribution in [0.1, 0.15) is 12.0 Å². The summed E-state index contributed by atoms with van der Waals surface area (Å²) in [6, 6.07) is 10.0. The lowest BCUT2D eigenvalue weighted by Crippen LogP contribution is -2.28. The van der Waals surface area contributed by atoms with Crippen molar-refractivity contribution in [2.24, 2.45) is 5.92 Å². The predicted molar refractivity (Wildman–Crippen MR) is 64.8 cm³/mol. The normalized spacial score (nSPS) is 37.6. The molecule has 4 unspecified atom stereocenters. The zero-order valence-electron chi connectivity index (χ0n) is 10.4. The lowest BCUT2D eigenvalue weighted by atomic mass is 10.2. The van der Waals surface area contributed by atoms with Gasteiger partial charge in [-0.3, -0.25) is 0 Å².